The van der Waals surface area contributed by atoms with Crippen LogP contribution in [-0.2, 0) is 24.7 Å². The molecule has 3 aliphatic heterocycles. The lowest BCUT2D eigenvalue weighted by molar-refractivity contribution is -0.166. The van der Waals surface area contributed by atoms with Crippen LogP contribution in [0.25, 0.3) is 0 Å². The molecule has 2 aromatic rings. The first-order valence-electron chi connectivity index (χ1n) is 17.7. The van der Waals surface area contributed by atoms with E-state index >= 15 is 0 Å². The Balaban J connectivity index is 1.05. The standard InChI is InChI=1S/C35H41F3N6O11S/c36-35(37,38)34(43-44-34)19-5-7-21(31(49)40-23-8-6-20(45)16-22(23)25(46)17-26(47)32(50)51)27(15-19)55-14-13-54-12-11-53-10-9-39-29(48)4-2-1-3-28-30-24(18-56-28)41-33(52)42-30/h5-8,15-16,24,26,28,30,45,47H,1-4,9-14,17-18H2,(H,39,48)(H,40,49)(H,50,51)(H2,41,42,52)/t24-,26-,28-,30-/m0/s1. The lowest BCUT2D eigenvalue weighted by Crippen LogP contribution is -2.36. The molecule has 21 heteroatoms. The Kier molecular flexibility index (Phi) is 14.1. The van der Waals surface area contributed by atoms with Gasteiger partial charge in [-0.05, 0) is 43.2 Å². The normalized spacial score (nSPS) is 19.7. The monoisotopic (exact) mass is 810 g/mol. The number of benzene rings is 2. The molecule has 304 valence electrons. The summed E-state index contributed by atoms with van der Waals surface area (Å²) in [4.78, 5) is 60.8. The zero-order chi connectivity index (χ0) is 40.5. The number of aromatic hydroxyl groups is 1. The molecule has 4 atom stereocenters. The van der Waals surface area contributed by atoms with E-state index in [-0.39, 0.29) is 79.6 Å². The highest BCUT2D eigenvalue weighted by Gasteiger charge is 2.65. The third-order valence-electron chi connectivity index (χ3n) is 9.05. The Bertz CT molecular complexity index is 1810. The van der Waals surface area contributed by atoms with Gasteiger partial charge in [0.1, 0.15) is 18.1 Å². The van der Waals surface area contributed by atoms with Crippen LogP contribution in [0.4, 0.5) is 23.7 Å². The lowest BCUT2D eigenvalue weighted by Gasteiger charge is -2.18. The molecule has 17 nitrogen and oxygen atoms in total. The van der Waals surface area contributed by atoms with Gasteiger partial charge < -0.3 is 50.8 Å². The summed E-state index contributed by atoms with van der Waals surface area (Å²) in [6, 6.07) is 6.44. The molecular weight excluding hydrogens is 769 g/mol. The predicted octanol–water partition coefficient (Wildman–Crippen LogP) is 3.10. The highest BCUT2D eigenvalue weighted by Crippen LogP contribution is 2.53. The average molecular weight is 811 g/mol. The Hall–Kier alpha value is -4.99. The Morgan fingerprint density at radius 3 is 2.43 bits per heavy atom. The first-order valence-corrected chi connectivity index (χ1v) is 18.7. The minimum Gasteiger partial charge on any atom is -0.508 e. The summed E-state index contributed by atoms with van der Waals surface area (Å²) < 4.78 is 57.9. The number of ketones is 1. The molecule has 0 spiro atoms. The number of urea groups is 1. The highest BCUT2D eigenvalue weighted by atomic mass is 32.2. The molecule has 56 heavy (non-hydrogen) atoms. The number of fused-ring (bicyclic) bond motifs is 1. The van der Waals surface area contributed by atoms with Crippen molar-refractivity contribution in [2.45, 2.75) is 67.4 Å². The van der Waals surface area contributed by atoms with Crippen molar-refractivity contribution in [2.24, 2.45) is 10.2 Å². The Morgan fingerprint density at radius 1 is 0.982 bits per heavy atom. The van der Waals surface area contributed by atoms with E-state index in [2.05, 4.69) is 31.5 Å². The van der Waals surface area contributed by atoms with Crippen LogP contribution in [0.2, 0.25) is 0 Å². The van der Waals surface area contributed by atoms with Crippen molar-refractivity contribution in [3.05, 3.63) is 53.1 Å². The third-order valence-corrected chi connectivity index (χ3v) is 10.6. The summed E-state index contributed by atoms with van der Waals surface area (Å²) in [6.45, 7) is 0.541. The molecule has 0 bridgehead atoms. The Morgan fingerprint density at radius 2 is 1.71 bits per heavy atom. The van der Waals surface area contributed by atoms with E-state index < -0.39 is 53.3 Å². The SMILES string of the molecule is O=C(CCCC[C@@H]1SC[C@@H]2NC(=O)N[C@@H]21)NCCOCCOCCOc1cc(C2(C(F)(F)F)N=N2)ccc1C(=O)Nc1ccc(O)cc1C(=O)C[C@H](O)C(=O)O. The van der Waals surface area contributed by atoms with Crippen LogP contribution in [-0.4, -0.2) is 120 Å². The quantitative estimate of drug-likeness (QED) is 0.0393. The van der Waals surface area contributed by atoms with Crippen LogP contribution in [0.3, 0.4) is 0 Å². The van der Waals surface area contributed by atoms with Crippen LogP contribution in [0.1, 0.15) is 58.4 Å². The number of thioether (sulfide) groups is 1. The zero-order valence-electron chi connectivity index (χ0n) is 29.8. The first-order chi connectivity index (χ1) is 26.7. The summed E-state index contributed by atoms with van der Waals surface area (Å²) in [6.07, 6.45) is -4.90. The number of aliphatic hydroxyl groups excluding tert-OH is 1. The number of halogens is 3. The number of phenolic OH excluding ortho intramolecular Hbond substituents is 1. The number of phenols is 1. The van der Waals surface area contributed by atoms with E-state index in [9.17, 15) is 47.4 Å². The number of aliphatic carboxylic acids is 1. The molecule has 4 amide bonds. The van der Waals surface area contributed by atoms with Gasteiger partial charge in [-0.25, -0.2) is 9.59 Å². The number of carbonyl (C=O) groups is 5. The minimum atomic E-state index is -4.87. The largest absolute Gasteiger partial charge is 0.508 e. The summed E-state index contributed by atoms with van der Waals surface area (Å²) in [7, 11) is 0. The van der Waals surface area contributed by atoms with Crippen molar-refractivity contribution in [3.63, 3.8) is 0 Å². The fourth-order valence-corrected chi connectivity index (χ4v) is 7.62. The number of hydrogen-bond acceptors (Lipinski definition) is 13. The molecule has 2 fully saturated rings. The number of carbonyl (C=O) groups excluding carboxylic acids is 4. The maximum absolute atomic E-state index is 13.8. The third kappa shape index (κ3) is 10.9. The van der Waals surface area contributed by atoms with E-state index in [0.717, 1.165) is 61.4 Å². The van der Waals surface area contributed by atoms with Crippen LogP contribution in [0.15, 0.2) is 46.6 Å². The van der Waals surface area contributed by atoms with Gasteiger partial charge in [0.15, 0.2) is 11.9 Å². The van der Waals surface area contributed by atoms with Gasteiger partial charge in [0.2, 0.25) is 5.91 Å². The fourth-order valence-electron chi connectivity index (χ4n) is 6.08. The van der Waals surface area contributed by atoms with Crippen molar-refractivity contribution >= 4 is 47.0 Å². The summed E-state index contributed by atoms with van der Waals surface area (Å²) in [5.41, 5.74) is -4.00. The predicted molar refractivity (Wildman–Crippen MR) is 192 cm³/mol. The van der Waals surface area contributed by atoms with Gasteiger partial charge in [-0.3, -0.25) is 14.4 Å². The van der Waals surface area contributed by atoms with E-state index in [1.807, 2.05) is 11.8 Å². The number of Topliss-reactive ketones (excluding diaryl/α,β-unsaturated/α-hetero) is 1. The van der Waals surface area contributed by atoms with E-state index in [4.69, 9.17) is 19.3 Å². The second kappa shape index (κ2) is 18.8. The number of nitrogens with zero attached hydrogens (tertiary/aromatic N) is 2. The molecular formula is C35H41F3N6O11S. The number of carboxylic acid groups (broad SMARTS) is 1. The molecule has 0 aliphatic carbocycles. The van der Waals surface area contributed by atoms with Gasteiger partial charge in [0.05, 0.1) is 49.8 Å². The molecule has 0 aromatic heterocycles. The number of ether oxygens (including phenoxy) is 3. The lowest BCUT2D eigenvalue weighted by atomic mass is 9.99. The fraction of sp³-hybridized carbons (Fsp3) is 0.514. The van der Waals surface area contributed by atoms with Crippen LogP contribution in [0.5, 0.6) is 11.5 Å². The van der Waals surface area contributed by atoms with E-state index in [1.165, 1.54) is 0 Å². The van der Waals surface area contributed by atoms with Gasteiger partial charge in [-0.1, -0.05) is 12.5 Å². The van der Waals surface area contributed by atoms with Gasteiger partial charge in [0, 0.05) is 41.5 Å². The smallest absolute Gasteiger partial charge is 0.442 e. The first kappa shape index (κ1) is 42.2. The van der Waals surface area contributed by atoms with Crippen molar-refractivity contribution in [1.82, 2.24) is 16.0 Å². The number of alkyl halides is 3. The van der Waals surface area contributed by atoms with Gasteiger partial charge in [0.25, 0.3) is 5.91 Å². The van der Waals surface area contributed by atoms with Gasteiger partial charge in [-0.15, -0.1) is 10.2 Å². The minimum absolute atomic E-state index is 0.0588. The maximum Gasteiger partial charge on any atom is 0.442 e. The van der Waals surface area contributed by atoms with Crippen molar-refractivity contribution in [3.8, 4) is 11.5 Å². The molecule has 0 radical (unpaired) electrons. The molecule has 5 rings (SSSR count). The number of unbranched alkanes of at least 4 members (excludes halogenated alkanes) is 1. The molecule has 3 aliphatic rings. The number of aliphatic hydroxyl groups is 1. The summed E-state index contributed by atoms with van der Waals surface area (Å²) in [5.74, 6) is -3.42. The second-order valence-electron chi connectivity index (χ2n) is 13.0. The number of nitrogens with one attached hydrogen (secondary N) is 4. The number of rotatable bonds is 22. The molecule has 7 N–H and O–H groups in total. The van der Waals surface area contributed by atoms with E-state index in [0.29, 0.717) is 18.2 Å². The van der Waals surface area contributed by atoms with Crippen molar-refractivity contribution in [1.29, 1.82) is 0 Å². The summed E-state index contributed by atoms with van der Waals surface area (Å²) in [5, 5.41) is 46.3. The number of amides is 4. The topological polar surface area (TPSA) is 247 Å². The highest BCUT2D eigenvalue weighted by molar-refractivity contribution is 8.00. The van der Waals surface area contributed by atoms with E-state index in [1.54, 1.807) is 0 Å². The van der Waals surface area contributed by atoms with Crippen molar-refractivity contribution in [2.75, 3.05) is 50.6 Å². The van der Waals surface area contributed by atoms with Crippen LogP contribution >= 0.6 is 11.8 Å². The molecule has 2 saturated heterocycles. The number of hydrogen-bond donors (Lipinski definition) is 7. The molecule has 2 aromatic carbocycles. The van der Waals surface area contributed by atoms with Gasteiger partial charge in [-0.2, -0.15) is 24.9 Å². The zero-order valence-corrected chi connectivity index (χ0v) is 30.6. The van der Waals surface area contributed by atoms with Gasteiger partial charge >= 0.3 is 23.8 Å². The Labute approximate surface area is 322 Å². The van der Waals surface area contributed by atoms with Crippen LogP contribution < -0.4 is 26.0 Å². The second-order valence-corrected chi connectivity index (χ2v) is 14.3. The number of anilines is 1. The molecule has 0 saturated carbocycles. The summed E-state index contributed by atoms with van der Waals surface area (Å²) >= 11 is 1.83. The molecule has 3 heterocycles. The average Bonchev–Trinajstić information content (AvgIpc) is 3.79. The maximum atomic E-state index is 13.8. The van der Waals surface area contributed by atoms with Crippen molar-refractivity contribution < 1.29 is 66.7 Å². The number of carboxylic acids is 1. The van der Waals surface area contributed by atoms with Crippen LogP contribution in [0, 0.1) is 0 Å². The molecule has 0 unspecified atom stereocenters.